The normalized spacial score (nSPS) is 19.2. The molecule has 0 saturated heterocycles. The molecule has 3 aromatic carbocycles. The van der Waals surface area contributed by atoms with E-state index in [4.69, 9.17) is 0 Å². The lowest BCUT2D eigenvalue weighted by Crippen LogP contribution is -2.26. The zero-order chi connectivity index (χ0) is 27.5. The van der Waals surface area contributed by atoms with Gasteiger partial charge in [-0.25, -0.2) is 21.6 Å². The van der Waals surface area contributed by atoms with Crippen LogP contribution in [-0.4, -0.2) is 20.0 Å². The molecule has 0 unspecified atom stereocenters. The molecule has 0 N–H and O–H groups in total. The first-order valence-electron chi connectivity index (χ1n) is 13.0. The quantitative estimate of drug-likeness (QED) is 0.276. The van der Waals surface area contributed by atoms with E-state index in [1.54, 1.807) is 48.5 Å². The molecule has 7 heteroatoms. The van der Waals surface area contributed by atoms with Gasteiger partial charge >= 0.3 is 0 Å². The van der Waals surface area contributed by atoms with Crippen LogP contribution < -0.4 is 0 Å². The molecule has 0 aliphatic heterocycles. The van der Waals surface area contributed by atoms with Crippen molar-refractivity contribution < 1.29 is 26.4 Å². The lowest BCUT2D eigenvalue weighted by Gasteiger charge is -2.28. The molecular formula is C31H33F3O3S. The summed E-state index contributed by atoms with van der Waals surface area (Å²) in [6, 6.07) is 18.7. The Morgan fingerprint density at radius 1 is 0.868 bits per heavy atom. The average Bonchev–Trinajstić information content (AvgIpc) is 2.89. The maximum Gasteiger partial charge on any atom is 0.270 e. The summed E-state index contributed by atoms with van der Waals surface area (Å²) >= 11 is 0. The topological polar surface area (TPSA) is 51.2 Å². The van der Waals surface area contributed by atoms with Gasteiger partial charge in [0.2, 0.25) is 0 Å². The summed E-state index contributed by atoms with van der Waals surface area (Å²) in [6.07, 6.45) is 3.14. The van der Waals surface area contributed by atoms with E-state index in [0.717, 1.165) is 23.6 Å². The first kappa shape index (κ1) is 28.1. The second kappa shape index (κ2) is 11.4. The van der Waals surface area contributed by atoms with E-state index in [9.17, 15) is 26.4 Å². The molecule has 1 atom stereocenters. The van der Waals surface area contributed by atoms with E-state index in [1.807, 2.05) is 6.92 Å². The Morgan fingerprint density at radius 3 is 1.92 bits per heavy atom. The van der Waals surface area contributed by atoms with Crippen molar-refractivity contribution in [3.63, 3.8) is 0 Å². The molecule has 1 aliphatic carbocycles. The highest BCUT2D eigenvalue weighted by Crippen LogP contribution is 2.34. The maximum atomic E-state index is 13.5. The summed E-state index contributed by atoms with van der Waals surface area (Å²) in [5, 5.41) is 0. The number of sulfone groups is 1. The molecule has 0 heterocycles. The van der Waals surface area contributed by atoms with Crippen LogP contribution in [0, 0.1) is 17.7 Å². The van der Waals surface area contributed by atoms with Gasteiger partial charge in [-0.2, -0.15) is 0 Å². The van der Waals surface area contributed by atoms with E-state index >= 15 is 0 Å². The Balaban J connectivity index is 1.30. The third-order valence-corrected chi connectivity index (χ3v) is 9.54. The number of rotatable bonds is 9. The molecule has 0 bridgehead atoms. The fraction of sp³-hybridized carbons (Fsp3) is 0.387. The van der Waals surface area contributed by atoms with Crippen molar-refractivity contribution >= 4 is 15.6 Å². The number of carbonyl (C=O) groups excluding carboxylic acids is 1. The van der Waals surface area contributed by atoms with Gasteiger partial charge in [0.05, 0.1) is 10.6 Å². The number of carbonyl (C=O) groups is 1. The predicted octanol–water partition coefficient (Wildman–Crippen LogP) is 7.95. The van der Waals surface area contributed by atoms with Crippen molar-refractivity contribution in [2.45, 2.75) is 62.7 Å². The highest BCUT2D eigenvalue weighted by Gasteiger charge is 2.30. The minimum atomic E-state index is -3.50. The van der Waals surface area contributed by atoms with Crippen molar-refractivity contribution in [3.8, 4) is 11.1 Å². The van der Waals surface area contributed by atoms with Gasteiger partial charge in [-0.15, -0.1) is 0 Å². The van der Waals surface area contributed by atoms with E-state index in [1.165, 1.54) is 24.3 Å². The molecule has 202 valence electrons. The molecule has 38 heavy (non-hydrogen) atoms. The summed E-state index contributed by atoms with van der Waals surface area (Å²) in [5.41, 5.74) is 2.35. The molecule has 1 saturated carbocycles. The highest BCUT2D eigenvalue weighted by molar-refractivity contribution is 7.91. The number of benzene rings is 3. The van der Waals surface area contributed by atoms with Gasteiger partial charge in [-0.05, 0) is 78.5 Å². The molecule has 1 fully saturated rings. The molecule has 0 radical (unpaired) electrons. The van der Waals surface area contributed by atoms with Crippen molar-refractivity contribution in [2.75, 3.05) is 5.75 Å². The summed E-state index contributed by atoms with van der Waals surface area (Å²) in [5.74, 6) is -3.03. The second-order valence-corrected chi connectivity index (χ2v) is 12.6. The molecule has 1 aliphatic rings. The van der Waals surface area contributed by atoms with Crippen molar-refractivity contribution in [1.82, 2.24) is 0 Å². The molecular weight excluding hydrogens is 509 g/mol. The Hall–Kier alpha value is -2.93. The van der Waals surface area contributed by atoms with Crippen LogP contribution in [0.25, 0.3) is 11.1 Å². The molecule has 4 rings (SSSR count). The Morgan fingerprint density at radius 2 is 1.39 bits per heavy atom. The van der Waals surface area contributed by atoms with Crippen LogP contribution in [0.1, 0.15) is 63.0 Å². The van der Waals surface area contributed by atoms with Crippen LogP contribution in [0.15, 0.2) is 77.7 Å². The van der Waals surface area contributed by atoms with Crippen LogP contribution in [0.4, 0.5) is 13.2 Å². The lowest BCUT2D eigenvalue weighted by molar-refractivity contribution is -0.124. The first-order valence-corrected chi connectivity index (χ1v) is 14.7. The fourth-order valence-electron chi connectivity index (χ4n) is 5.25. The van der Waals surface area contributed by atoms with E-state index in [2.05, 4.69) is 0 Å². The fourth-order valence-corrected chi connectivity index (χ4v) is 6.94. The zero-order valence-corrected chi connectivity index (χ0v) is 22.5. The van der Waals surface area contributed by atoms with Crippen molar-refractivity contribution in [2.24, 2.45) is 11.8 Å². The highest BCUT2D eigenvalue weighted by atomic mass is 32.2. The Labute approximate surface area is 223 Å². The van der Waals surface area contributed by atoms with Crippen LogP contribution in [0.3, 0.4) is 0 Å². The number of hydrogen-bond acceptors (Lipinski definition) is 3. The van der Waals surface area contributed by atoms with Gasteiger partial charge in [-0.1, -0.05) is 55.5 Å². The van der Waals surface area contributed by atoms with E-state index in [-0.39, 0.29) is 45.6 Å². The third-order valence-electron chi connectivity index (χ3n) is 7.64. The number of ketones is 1. The average molecular weight is 543 g/mol. The second-order valence-electron chi connectivity index (χ2n) is 10.6. The SMILES string of the molecule is C[C@@H](CC(=O)C1CCC(CS(=O)(=O)c2ccc(-c3ccc(C(C)(F)F)cc3)cc2)CC1)c1ccc(F)cc1. The van der Waals surface area contributed by atoms with E-state index in [0.29, 0.717) is 32.1 Å². The van der Waals surface area contributed by atoms with Crippen molar-refractivity contribution in [1.29, 1.82) is 0 Å². The summed E-state index contributed by atoms with van der Waals surface area (Å²) in [4.78, 5) is 13.1. The molecule has 3 aromatic rings. The predicted molar refractivity (Wildman–Crippen MR) is 143 cm³/mol. The van der Waals surface area contributed by atoms with E-state index < -0.39 is 15.8 Å². The lowest BCUT2D eigenvalue weighted by atomic mass is 9.78. The van der Waals surface area contributed by atoms with Gasteiger partial charge < -0.3 is 0 Å². The van der Waals surface area contributed by atoms with Crippen LogP contribution in [0.2, 0.25) is 0 Å². The van der Waals surface area contributed by atoms with Gasteiger partial charge in [0.15, 0.2) is 9.84 Å². The summed E-state index contributed by atoms with van der Waals surface area (Å²) < 4.78 is 66.2. The van der Waals surface area contributed by atoms with Gasteiger partial charge in [0.25, 0.3) is 5.92 Å². The number of hydrogen-bond donors (Lipinski definition) is 0. The summed E-state index contributed by atoms with van der Waals surface area (Å²) in [7, 11) is -3.50. The van der Waals surface area contributed by atoms with Crippen molar-refractivity contribution in [3.05, 3.63) is 89.7 Å². The number of Topliss-reactive ketones (excluding diaryl/α,β-unsaturated/α-hetero) is 1. The monoisotopic (exact) mass is 542 g/mol. The minimum absolute atomic E-state index is 0.00139. The molecule has 0 spiro atoms. The molecule has 3 nitrogen and oxygen atoms in total. The largest absolute Gasteiger partial charge is 0.299 e. The van der Waals surface area contributed by atoms with Gasteiger partial charge in [0, 0.05) is 24.8 Å². The number of alkyl halides is 2. The third kappa shape index (κ3) is 6.93. The smallest absolute Gasteiger partial charge is 0.270 e. The van der Waals surface area contributed by atoms with Crippen LogP contribution >= 0.6 is 0 Å². The Kier molecular flexibility index (Phi) is 8.46. The van der Waals surface area contributed by atoms with Gasteiger partial charge in [0.1, 0.15) is 11.6 Å². The Bertz CT molecular complexity index is 1340. The zero-order valence-electron chi connectivity index (χ0n) is 21.7. The number of halogens is 3. The standard InChI is InChI=1S/C31H33F3O3S/c1-21(23-9-15-28(32)16-10-23)19-30(35)26-5-3-22(4-6-26)20-38(36,37)29-17-11-25(12-18-29)24-7-13-27(14-8-24)31(2,33)34/h7-18,21-22,26H,3-6,19-20H2,1-2H3/t21-,22?,26?/m0/s1. The molecule has 0 amide bonds. The molecule has 0 aromatic heterocycles. The minimum Gasteiger partial charge on any atom is -0.299 e. The van der Waals surface area contributed by atoms with Crippen LogP contribution in [0.5, 0.6) is 0 Å². The van der Waals surface area contributed by atoms with Crippen LogP contribution in [-0.2, 0) is 20.6 Å². The van der Waals surface area contributed by atoms with Gasteiger partial charge in [-0.3, -0.25) is 4.79 Å². The first-order chi connectivity index (χ1) is 17.9. The maximum absolute atomic E-state index is 13.5. The summed E-state index contributed by atoms with van der Waals surface area (Å²) in [6.45, 7) is 2.82.